The molecule has 0 fully saturated rings. The van der Waals surface area contributed by atoms with Gasteiger partial charge >= 0.3 is 0 Å². The normalized spacial score (nSPS) is 12.1. The van der Waals surface area contributed by atoms with E-state index in [1.54, 1.807) is 24.1 Å². The third-order valence-corrected chi connectivity index (χ3v) is 4.20. The van der Waals surface area contributed by atoms with E-state index in [4.69, 9.17) is 10.5 Å². The molecule has 1 atom stereocenters. The van der Waals surface area contributed by atoms with Crippen LogP contribution in [-0.4, -0.2) is 39.8 Å². The largest absolute Gasteiger partial charge is 0.487 e. The maximum absolute atomic E-state index is 12.5. The van der Waals surface area contributed by atoms with Gasteiger partial charge in [0.2, 0.25) is 0 Å². The summed E-state index contributed by atoms with van der Waals surface area (Å²) in [5, 5.41) is 0. The average Bonchev–Trinajstić information content (AvgIpc) is 3.07. The van der Waals surface area contributed by atoms with Crippen LogP contribution in [0, 0.1) is 0 Å². The van der Waals surface area contributed by atoms with E-state index in [0.29, 0.717) is 24.5 Å². The second kappa shape index (κ2) is 7.36. The van der Waals surface area contributed by atoms with E-state index in [1.165, 1.54) is 0 Å². The molecule has 0 spiro atoms. The monoisotopic (exact) mass is 338 g/mol. The first kappa shape index (κ1) is 17.0. The lowest BCUT2D eigenvalue weighted by atomic mass is 10.1. The zero-order valence-corrected chi connectivity index (χ0v) is 14.4. The number of fused-ring (bicyclic) bond motifs is 1. The number of amides is 1. The number of rotatable bonds is 6. The summed E-state index contributed by atoms with van der Waals surface area (Å²) in [5.41, 5.74) is 7.92. The number of nitrogens with two attached hydrogens (primary N) is 1. The molecule has 0 radical (unpaired) electrons. The summed E-state index contributed by atoms with van der Waals surface area (Å²) in [5.74, 6) is 0.563. The number of benzene rings is 1. The van der Waals surface area contributed by atoms with Gasteiger partial charge < -0.3 is 19.8 Å². The van der Waals surface area contributed by atoms with Crippen LogP contribution in [0.5, 0.6) is 5.75 Å². The summed E-state index contributed by atoms with van der Waals surface area (Å²) in [6, 6.07) is 13.0. The highest BCUT2D eigenvalue weighted by Gasteiger charge is 2.16. The van der Waals surface area contributed by atoms with E-state index in [1.807, 2.05) is 54.0 Å². The lowest BCUT2D eigenvalue weighted by Crippen LogP contribution is -2.39. The number of carbonyl (C=O) groups is 1. The summed E-state index contributed by atoms with van der Waals surface area (Å²) in [6.07, 6.45) is 3.88. The van der Waals surface area contributed by atoms with Crippen LogP contribution in [0.2, 0.25) is 0 Å². The summed E-state index contributed by atoms with van der Waals surface area (Å²) in [6.45, 7) is 2.68. The molecule has 1 unspecified atom stereocenters. The SMILES string of the molecule is CC(CN)N(C)C(=O)c1cccc(OCc2cn3ccccc3n2)c1. The summed E-state index contributed by atoms with van der Waals surface area (Å²) < 4.78 is 7.75. The quantitative estimate of drug-likeness (QED) is 0.749. The molecule has 6 nitrogen and oxygen atoms in total. The van der Waals surface area contributed by atoms with Gasteiger partial charge in [-0.25, -0.2) is 4.98 Å². The second-order valence-electron chi connectivity index (χ2n) is 6.02. The van der Waals surface area contributed by atoms with Gasteiger partial charge in [0, 0.05) is 37.6 Å². The lowest BCUT2D eigenvalue weighted by Gasteiger charge is -2.23. The van der Waals surface area contributed by atoms with Crippen molar-refractivity contribution in [1.29, 1.82) is 0 Å². The molecular weight excluding hydrogens is 316 g/mol. The fourth-order valence-corrected chi connectivity index (χ4v) is 2.49. The van der Waals surface area contributed by atoms with Crippen molar-refractivity contribution in [2.45, 2.75) is 19.6 Å². The summed E-state index contributed by atoms with van der Waals surface area (Å²) in [7, 11) is 1.75. The van der Waals surface area contributed by atoms with E-state index in [9.17, 15) is 4.79 Å². The topological polar surface area (TPSA) is 72.9 Å². The molecule has 0 aliphatic carbocycles. The molecule has 0 aliphatic heterocycles. The van der Waals surface area contributed by atoms with Crippen molar-refractivity contribution in [3.8, 4) is 5.75 Å². The Labute approximate surface area is 146 Å². The first-order valence-electron chi connectivity index (χ1n) is 8.21. The van der Waals surface area contributed by atoms with Crippen molar-refractivity contribution in [2.75, 3.05) is 13.6 Å². The molecular formula is C19H22N4O2. The van der Waals surface area contributed by atoms with Gasteiger partial charge in [-0.15, -0.1) is 0 Å². The van der Waals surface area contributed by atoms with Gasteiger partial charge in [0.25, 0.3) is 5.91 Å². The minimum Gasteiger partial charge on any atom is -0.487 e. The average molecular weight is 338 g/mol. The summed E-state index contributed by atoms with van der Waals surface area (Å²) in [4.78, 5) is 18.6. The van der Waals surface area contributed by atoms with E-state index >= 15 is 0 Å². The zero-order valence-electron chi connectivity index (χ0n) is 14.4. The highest BCUT2D eigenvalue weighted by molar-refractivity contribution is 5.94. The van der Waals surface area contributed by atoms with Gasteiger partial charge in [0.15, 0.2) is 0 Å². The molecule has 2 N–H and O–H groups in total. The Kier molecular flexibility index (Phi) is 5.00. The van der Waals surface area contributed by atoms with Crippen LogP contribution in [0.15, 0.2) is 54.9 Å². The van der Waals surface area contributed by atoms with E-state index in [-0.39, 0.29) is 11.9 Å². The van der Waals surface area contributed by atoms with Crippen LogP contribution >= 0.6 is 0 Å². The zero-order chi connectivity index (χ0) is 17.8. The van der Waals surface area contributed by atoms with E-state index < -0.39 is 0 Å². The molecule has 3 aromatic rings. The van der Waals surface area contributed by atoms with E-state index in [2.05, 4.69) is 4.98 Å². The van der Waals surface area contributed by atoms with Crippen molar-refractivity contribution in [2.24, 2.45) is 5.73 Å². The van der Waals surface area contributed by atoms with Crippen LogP contribution in [-0.2, 0) is 6.61 Å². The summed E-state index contributed by atoms with van der Waals surface area (Å²) >= 11 is 0. The smallest absolute Gasteiger partial charge is 0.254 e. The lowest BCUT2D eigenvalue weighted by molar-refractivity contribution is 0.0748. The van der Waals surface area contributed by atoms with Gasteiger partial charge in [-0.05, 0) is 37.3 Å². The minimum atomic E-state index is -0.0730. The van der Waals surface area contributed by atoms with Crippen LogP contribution in [0.4, 0.5) is 0 Å². The number of aromatic nitrogens is 2. The molecule has 1 amide bonds. The Morgan fingerprint density at radius 3 is 2.92 bits per heavy atom. The number of likely N-dealkylation sites (N-methyl/N-ethyl adjacent to an activating group) is 1. The molecule has 0 saturated carbocycles. The highest BCUT2D eigenvalue weighted by Crippen LogP contribution is 2.17. The van der Waals surface area contributed by atoms with Crippen molar-refractivity contribution < 1.29 is 9.53 Å². The first-order chi connectivity index (χ1) is 12.1. The van der Waals surface area contributed by atoms with Crippen molar-refractivity contribution in [3.05, 3.63) is 66.1 Å². The predicted octanol–water partition coefficient (Wildman–Crippen LogP) is 2.33. The molecule has 3 rings (SSSR count). The number of pyridine rings is 1. The van der Waals surface area contributed by atoms with Crippen LogP contribution < -0.4 is 10.5 Å². The Morgan fingerprint density at radius 2 is 2.16 bits per heavy atom. The number of ether oxygens (including phenoxy) is 1. The molecule has 130 valence electrons. The predicted molar refractivity (Wildman–Crippen MR) is 96.6 cm³/mol. The van der Waals surface area contributed by atoms with Gasteiger partial charge in [-0.1, -0.05) is 12.1 Å². The Hall–Kier alpha value is -2.86. The number of carbonyl (C=O) groups excluding carboxylic acids is 1. The maximum atomic E-state index is 12.5. The third kappa shape index (κ3) is 3.80. The molecule has 25 heavy (non-hydrogen) atoms. The third-order valence-electron chi connectivity index (χ3n) is 4.20. The minimum absolute atomic E-state index is 0.0185. The molecule has 0 aliphatic rings. The molecule has 1 aromatic carbocycles. The number of hydrogen-bond donors (Lipinski definition) is 1. The van der Waals surface area contributed by atoms with Crippen LogP contribution in [0.3, 0.4) is 0 Å². The Morgan fingerprint density at radius 1 is 1.32 bits per heavy atom. The molecule has 0 bridgehead atoms. The van der Waals surface area contributed by atoms with Crippen LogP contribution in [0.1, 0.15) is 23.0 Å². The van der Waals surface area contributed by atoms with Gasteiger partial charge in [-0.3, -0.25) is 4.79 Å². The fraction of sp³-hybridized carbons (Fsp3) is 0.263. The van der Waals surface area contributed by atoms with Gasteiger partial charge in [0.1, 0.15) is 18.0 Å². The number of hydrogen-bond acceptors (Lipinski definition) is 4. The van der Waals surface area contributed by atoms with Crippen molar-refractivity contribution >= 4 is 11.6 Å². The number of imidazole rings is 1. The Bertz CT molecular complexity index is 841. The Balaban J connectivity index is 1.70. The molecule has 2 heterocycles. The maximum Gasteiger partial charge on any atom is 0.254 e. The fourth-order valence-electron chi connectivity index (χ4n) is 2.49. The van der Waals surface area contributed by atoms with Crippen molar-refractivity contribution in [1.82, 2.24) is 14.3 Å². The van der Waals surface area contributed by atoms with Crippen molar-refractivity contribution in [3.63, 3.8) is 0 Å². The number of nitrogens with zero attached hydrogens (tertiary/aromatic N) is 3. The molecule has 2 aromatic heterocycles. The highest BCUT2D eigenvalue weighted by atomic mass is 16.5. The van der Waals surface area contributed by atoms with Gasteiger partial charge in [0.05, 0.1) is 5.69 Å². The molecule has 6 heteroatoms. The second-order valence-corrected chi connectivity index (χ2v) is 6.02. The van der Waals surface area contributed by atoms with Crippen LogP contribution in [0.25, 0.3) is 5.65 Å². The first-order valence-corrected chi connectivity index (χ1v) is 8.21. The standard InChI is InChI=1S/C19H22N4O2/c1-14(11-20)22(2)19(24)15-6-5-7-17(10-15)25-13-16-12-23-9-4-3-8-18(23)21-16/h3-10,12,14H,11,13,20H2,1-2H3. The van der Waals surface area contributed by atoms with Gasteiger partial charge in [-0.2, -0.15) is 0 Å². The molecule has 0 saturated heterocycles. The van der Waals surface area contributed by atoms with E-state index in [0.717, 1.165) is 11.3 Å².